The van der Waals surface area contributed by atoms with Gasteiger partial charge in [-0.1, -0.05) is 23.7 Å². The first kappa shape index (κ1) is 22.7. The van der Waals surface area contributed by atoms with Crippen LogP contribution in [0.1, 0.15) is 28.8 Å². The second-order valence-corrected chi connectivity index (χ2v) is 10.2. The average Bonchev–Trinajstić information content (AvgIpc) is 3.64. The van der Waals surface area contributed by atoms with Gasteiger partial charge in [-0.2, -0.15) is 0 Å². The van der Waals surface area contributed by atoms with Crippen LogP contribution in [0, 0.1) is 11.7 Å². The number of amides is 2. The molecule has 0 spiro atoms. The van der Waals surface area contributed by atoms with Crippen molar-refractivity contribution < 1.29 is 22.4 Å². The Morgan fingerprint density at radius 2 is 1.62 bits per heavy atom. The smallest absolute Gasteiger partial charge is 0.253 e. The summed E-state index contributed by atoms with van der Waals surface area (Å²) in [5.74, 6) is -0.424. The number of rotatable bonds is 6. The fourth-order valence-corrected chi connectivity index (χ4v) is 4.86. The predicted molar refractivity (Wildman–Crippen MR) is 117 cm³/mol. The van der Waals surface area contributed by atoms with E-state index in [9.17, 15) is 22.4 Å². The summed E-state index contributed by atoms with van der Waals surface area (Å²) in [5.41, 5.74) is 1.17. The highest BCUT2D eigenvalue weighted by atomic mass is 35.5. The maximum atomic E-state index is 13.3. The number of sulfonamides is 1. The third kappa shape index (κ3) is 5.11. The van der Waals surface area contributed by atoms with Crippen molar-refractivity contribution in [3.05, 3.63) is 64.4 Å². The zero-order valence-electron chi connectivity index (χ0n) is 17.3. The van der Waals surface area contributed by atoms with Gasteiger partial charge in [0.2, 0.25) is 15.9 Å². The van der Waals surface area contributed by atoms with Crippen LogP contribution in [0.4, 0.5) is 4.39 Å². The molecule has 2 aromatic carbocycles. The maximum Gasteiger partial charge on any atom is 0.253 e. The maximum absolute atomic E-state index is 13.3. The van der Waals surface area contributed by atoms with Gasteiger partial charge in [0.25, 0.3) is 5.91 Å². The first-order valence-electron chi connectivity index (χ1n) is 10.4. The van der Waals surface area contributed by atoms with E-state index in [0.29, 0.717) is 37.3 Å². The zero-order valence-corrected chi connectivity index (χ0v) is 18.8. The minimum Gasteiger partial charge on any atom is -0.339 e. The number of nitrogens with one attached hydrogen (secondary N) is 1. The molecule has 1 saturated carbocycles. The number of hydrogen-bond acceptors (Lipinski definition) is 4. The van der Waals surface area contributed by atoms with E-state index in [4.69, 9.17) is 11.6 Å². The summed E-state index contributed by atoms with van der Waals surface area (Å²) >= 11 is 5.67. The van der Waals surface area contributed by atoms with Crippen LogP contribution < -0.4 is 4.72 Å². The van der Waals surface area contributed by atoms with Gasteiger partial charge in [0, 0.05) is 44.2 Å². The normalized spacial score (nSPS) is 16.8. The highest BCUT2D eigenvalue weighted by molar-refractivity contribution is 7.89. The molecular weight excluding hydrogens is 457 g/mol. The van der Waals surface area contributed by atoms with E-state index >= 15 is 0 Å². The Morgan fingerprint density at radius 1 is 1.00 bits per heavy atom. The van der Waals surface area contributed by atoms with Gasteiger partial charge in [0.15, 0.2) is 0 Å². The molecular formula is C22H23ClFN3O4S. The molecule has 2 aliphatic rings. The summed E-state index contributed by atoms with van der Waals surface area (Å²) in [7, 11) is -3.86. The van der Waals surface area contributed by atoms with E-state index < -0.39 is 15.8 Å². The molecule has 4 rings (SSSR count). The van der Waals surface area contributed by atoms with Crippen molar-refractivity contribution in [2.75, 3.05) is 26.2 Å². The fourth-order valence-electron chi connectivity index (χ4n) is 3.57. The molecule has 170 valence electrons. The molecule has 0 aromatic heterocycles. The molecule has 0 atom stereocenters. The monoisotopic (exact) mass is 479 g/mol. The predicted octanol–water partition coefficient (Wildman–Crippen LogP) is 2.65. The second-order valence-electron chi connectivity index (χ2n) is 7.99. The van der Waals surface area contributed by atoms with Crippen LogP contribution in [0.3, 0.4) is 0 Å². The molecule has 0 bridgehead atoms. The summed E-state index contributed by atoms with van der Waals surface area (Å²) in [6, 6.07) is 9.87. The van der Waals surface area contributed by atoms with Gasteiger partial charge in [-0.05, 0) is 48.7 Å². The molecule has 1 aliphatic heterocycles. The van der Waals surface area contributed by atoms with Crippen molar-refractivity contribution in [2.24, 2.45) is 5.92 Å². The first-order chi connectivity index (χ1) is 15.2. The largest absolute Gasteiger partial charge is 0.339 e. The number of hydrogen-bond donors (Lipinski definition) is 1. The summed E-state index contributed by atoms with van der Waals surface area (Å²) < 4.78 is 40.5. The van der Waals surface area contributed by atoms with Crippen molar-refractivity contribution in [2.45, 2.75) is 24.3 Å². The van der Waals surface area contributed by atoms with Crippen LogP contribution in [0.15, 0.2) is 47.4 Å². The molecule has 1 saturated heterocycles. The Morgan fingerprint density at radius 3 is 2.22 bits per heavy atom. The first-order valence-corrected chi connectivity index (χ1v) is 12.2. The summed E-state index contributed by atoms with van der Waals surface area (Å²) in [4.78, 5) is 28.3. The highest BCUT2D eigenvalue weighted by Crippen LogP contribution is 2.31. The standard InChI is InChI=1S/C22H23ClFN3O4S/c23-19-13-18(7-8-20(19)24)32(30,31)25-14-15-1-3-16(4-2-15)21(28)26-9-11-27(12-10-26)22(29)17-5-6-17/h1-4,7-8,13,17,25H,5-6,9-12,14H2. The van der Waals surface area contributed by atoms with E-state index in [2.05, 4.69) is 4.72 Å². The van der Waals surface area contributed by atoms with Crippen LogP contribution >= 0.6 is 11.6 Å². The molecule has 0 radical (unpaired) electrons. The molecule has 1 N–H and O–H groups in total. The van der Waals surface area contributed by atoms with Gasteiger partial charge >= 0.3 is 0 Å². The van der Waals surface area contributed by atoms with Crippen LogP contribution in [-0.2, 0) is 21.4 Å². The average molecular weight is 480 g/mol. The summed E-state index contributed by atoms with van der Waals surface area (Å²) in [6.45, 7) is 2.11. The van der Waals surface area contributed by atoms with Crippen LogP contribution in [0.25, 0.3) is 0 Å². The minimum absolute atomic E-state index is 0.00769. The van der Waals surface area contributed by atoms with Gasteiger partial charge < -0.3 is 9.80 Å². The third-order valence-corrected chi connectivity index (χ3v) is 7.36. The SMILES string of the molecule is O=C(c1ccc(CNS(=O)(=O)c2ccc(F)c(Cl)c2)cc1)N1CCN(C(=O)C2CC2)CC1. The third-order valence-electron chi connectivity index (χ3n) is 5.67. The van der Waals surface area contributed by atoms with E-state index in [1.54, 1.807) is 29.2 Å². The van der Waals surface area contributed by atoms with Crippen molar-refractivity contribution in [1.29, 1.82) is 0 Å². The quantitative estimate of drug-likeness (QED) is 0.690. The van der Waals surface area contributed by atoms with Gasteiger partial charge in [-0.3, -0.25) is 9.59 Å². The van der Waals surface area contributed by atoms with E-state index in [0.717, 1.165) is 31.0 Å². The molecule has 2 amide bonds. The lowest BCUT2D eigenvalue weighted by atomic mass is 10.1. The number of carbonyl (C=O) groups is 2. The van der Waals surface area contributed by atoms with Crippen molar-refractivity contribution >= 4 is 33.4 Å². The minimum atomic E-state index is -3.86. The van der Waals surface area contributed by atoms with Gasteiger partial charge in [0.1, 0.15) is 5.82 Å². The van der Waals surface area contributed by atoms with Crippen molar-refractivity contribution in [3.63, 3.8) is 0 Å². The fraction of sp³-hybridized carbons (Fsp3) is 0.364. The van der Waals surface area contributed by atoms with Gasteiger partial charge in [-0.15, -0.1) is 0 Å². The number of halogens is 2. The van der Waals surface area contributed by atoms with Gasteiger partial charge in [0.05, 0.1) is 9.92 Å². The van der Waals surface area contributed by atoms with Crippen molar-refractivity contribution in [3.8, 4) is 0 Å². The van der Waals surface area contributed by atoms with E-state index in [1.807, 2.05) is 4.90 Å². The van der Waals surface area contributed by atoms with Crippen LogP contribution in [0.5, 0.6) is 0 Å². The lowest BCUT2D eigenvalue weighted by Crippen LogP contribution is -2.51. The molecule has 1 aliphatic carbocycles. The van der Waals surface area contributed by atoms with E-state index in [1.165, 1.54) is 0 Å². The van der Waals surface area contributed by atoms with Crippen LogP contribution in [0.2, 0.25) is 5.02 Å². The van der Waals surface area contributed by atoms with E-state index in [-0.39, 0.29) is 34.2 Å². The molecule has 10 heteroatoms. The molecule has 7 nitrogen and oxygen atoms in total. The summed E-state index contributed by atoms with van der Waals surface area (Å²) in [6.07, 6.45) is 1.94. The lowest BCUT2D eigenvalue weighted by Gasteiger charge is -2.35. The van der Waals surface area contributed by atoms with Crippen LogP contribution in [-0.4, -0.2) is 56.2 Å². The molecule has 2 fully saturated rings. The van der Waals surface area contributed by atoms with Crippen molar-refractivity contribution in [1.82, 2.24) is 14.5 Å². The Labute approximate surface area is 191 Å². The molecule has 2 aromatic rings. The number of carbonyl (C=O) groups excluding carboxylic acids is 2. The Bertz CT molecular complexity index is 1130. The number of benzene rings is 2. The Balaban J connectivity index is 1.32. The highest BCUT2D eigenvalue weighted by Gasteiger charge is 2.35. The number of piperazine rings is 1. The zero-order chi connectivity index (χ0) is 22.9. The Kier molecular flexibility index (Phi) is 6.50. The van der Waals surface area contributed by atoms with Gasteiger partial charge in [-0.25, -0.2) is 17.5 Å². The number of nitrogens with zero attached hydrogens (tertiary/aromatic N) is 2. The Hall–Kier alpha value is -2.49. The second kappa shape index (κ2) is 9.17. The molecule has 32 heavy (non-hydrogen) atoms. The topological polar surface area (TPSA) is 86.8 Å². The summed E-state index contributed by atoms with van der Waals surface area (Å²) in [5, 5.41) is -0.270. The molecule has 1 heterocycles. The lowest BCUT2D eigenvalue weighted by molar-refractivity contribution is -0.134. The molecule has 0 unspecified atom stereocenters.